The monoisotopic (exact) mass is 346 g/mol. The number of benzene rings is 2. The molecule has 0 amide bonds. The molecule has 0 bridgehead atoms. The highest BCUT2D eigenvalue weighted by Crippen LogP contribution is 2.34. The Hall–Kier alpha value is -1.63. The molecule has 4 N–H and O–H groups in total. The molecule has 2 rings (SSSR count). The normalized spacial score (nSPS) is 16.0. The summed E-state index contributed by atoms with van der Waals surface area (Å²) in [5.41, 5.74) is 11.1. The molecule has 0 saturated heterocycles. The second kappa shape index (κ2) is 6.11. The summed E-state index contributed by atoms with van der Waals surface area (Å²) in [7, 11) is 0. The summed E-state index contributed by atoms with van der Waals surface area (Å²) in [6, 6.07) is 7.66. The van der Waals surface area contributed by atoms with Crippen LogP contribution in [-0.2, 0) is 11.7 Å². The van der Waals surface area contributed by atoms with Gasteiger partial charge in [0.25, 0.3) is 0 Å². The quantitative estimate of drug-likeness (QED) is 0.811. The van der Waals surface area contributed by atoms with Crippen molar-refractivity contribution in [3.63, 3.8) is 0 Å². The number of alkyl halides is 3. The van der Waals surface area contributed by atoms with Crippen LogP contribution >= 0.6 is 11.6 Å². The lowest BCUT2D eigenvalue weighted by atomic mass is 9.82. The lowest BCUT2D eigenvalue weighted by Crippen LogP contribution is -2.44. The molecule has 124 valence electrons. The molecule has 0 aliphatic heterocycles. The van der Waals surface area contributed by atoms with Gasteiger partial charge in [0, 0.05) is 0 Å². The molecule has 2 atom stereocenters. The first-order valence-corrected chi connectivity index (χ1v) is 7.08. The average molecular weight is 347 g/mol. The Bertz CT molecular complexity index is 696. The van der Waals surface area contributed by atoms with Crippen LogP contribution in [-0.4, -0.2) is 0 Å². The Morgan fingerprint density at radius 1 is 1.00 bits per heavy atom. The molecule has 2 aromatic rings. The first-order valence-electron chi connectivity index (χ1n) is 6.70. The van der Waals surface area contributed by atoms with Crippen molar-refractivity contribution in [3.05, 3.63) is 70.0 Å². The van der Waals surface area contributed by atoms with Gasteiger partial charge >= 0.3 is 6.18 Å². The van der Waals surface area contributed by atoms with Gasteiger partial charge in [0.2, 0.25) is 0 Å². The minimum atomic E-state index is -4.43. The zero-order chi connectivity index (χ0) is 17.4. The minimum absolute atomic E-state index is 0.0470. The van der Waals surface area contributed by atoms with E-state index in [1.54, 1.807) is 6.92 Å². The summed E-state index contributed by atoms with van der Waals surface area (Å²) < 4.78 is 51.4. The number of hydrogen-bond donors (Lipinski definition) is 2. The number of rotatable bonds is 3. The summed E-state index contributed by atoms with van der Waals surface area (Å²) in [6.45, 7) is 1.58. The van der Waals surface area contributed by atoms with Gasteiger partial charge in [-0.25, -0.2) is 4.39 Å². The minimum Gasteiger partial charge on any atom is -0.322 e. The maximum Gasteiger partial charge on any atom is 0.416 e. The first-order chi connectivity index (χ1) is 10.5. The summed E-state index contributed by atoms with van der Waals surface area (Å²) in [6.07, 6.45) is -4.43. The fourth-order valence-corrected chi connectivity index (χ4v) is 2.37. The van der Waals surface area contributed by atoms with Gasteiger partial charge in [-0.2, -0.15) is 13.2 Å². The molecule has 7 heteroatoms. The molecule has 2 nitrogen and oxygen atoms in total. The van der Waals surface area contributed by atoms with Crippen LogP contribution in [0.4, 0.5) is 17.6 Å². The van der Waals surface area contributed by atoms with E-state index in [9.17, 15) is 17.6 Å². The van der Waals surface area contributed by atoms with Gasteiger partial charge in [-0.15, -0.1) is 0 Å². The third kappa shape index (κ3) is 3.65. The fraction of sp³-hybridized carbons (Fsp3) is 0.250. The molecule has 2 unspecified atom stereocenters. The van der Waals surface area contributed by atoms with Crippen molar-refractivity contribution >= 4 is 11.6 Å². The molecule has 0 fully saturated rings. The Kier molecular flexibility index (Phi) is 4.71. The van der Waals surface area contributed by atoms with E-state index >= 15 is 0 Å². The van der Waals surface area contributed by atoms with Crippen LogP contribution in [0.2, 0.25) is 5.02 Å². The smallest absolute Gasteiger partial charge is 0.322 e. The Labute approximate surface area is 136 Å². The Morgan fingerprint density at radius 3 is 2.00 bits per heavy atom. The fourth-order valence-electron chi connectivity index (χ4n) is 2.25. The second-order valence-electron chi connectivity index (χ2n) is 5.51. The van der Waals surface area contributed by atoms with Crippen LogP contribution in [0.3, 0.4) is 0 Å². The summed E-state index contributed by atoms with van der Waals surface area (Å²) in [5.74, 6) is -0.636. The van der Waals surface area contributed by atoms with E-state index in [2.05, 4.69) is 0 Å². The average Bonchev–Trinajstić information content (AvgIpc) is 2.48. The van der Waals surface area contributed by atoms with E-state index < -0.39 is 29.1 Å². The van der Waals surface area contributed by atoms with Crippen LogP contribution < -0.4 is 11.5 Å². The SMILES string of the molecule is CC(N)(c1ccc(C(F)(F)F)cc1)C(N)c1ccc(Cl)c(F)c1. The van der Waals surface area contributed by atoms with E-state index in [1.165, 1.54) is 30.3 Å². The molecule has 0 heterocycles. The Balaban J connectivity index is 2.34. The number of nitrogens with two attached hydrogens (primary N) is 2. The first kappa shape index (κ1) is 17.7. The summed E-state index contributed by atoms with van der Waals surface area (Å²) in [4.78, 5) is 0. The van der Waals surface area contributed by atoms with Gasteiger partial charge in [-0.05, 0) is 42.3 Å². The maximum atomic E-state index is 13.6. The highest BCUT2D eigenvalue weighted by Gasteiger charge is 2.33. The van der Waals surface area contributed by atoms with E-state index in [4.69, 9.17) is 23.1 Å². The summed E-state index contributed by atoms with van der Waals surface area (Å²) >= 11 is 5.62. The lowest BCUT2D eigenvalue weighted by Gasteiger charge is -2.32. The van der Waals surface area contributed by atoms with Crippen LogP contribution in [0.1, 0.15) is 29.7 Å². The van der Waals surface area contributed by atoms with E-state index in [-0.39, 0.29) is 5.02 Å². The van der Waals surface area contributed by atoms with Crippen LogP contribution in [0, 0.1) is 5.82 Å². The van der Waals surface area contributed by atoms with Crippen LogP contribution in [0.15, 0.2) is 42.5 Å². The predicted molar refractivity (Wildman–Crippen MR) is 81.3 cm³/mol. The molecular weight excluding hydrogens is 332 g/mol. The standard InChI is InChI=1S/C16H15ClF4N2/c1-15(23,10-3-5-11(6-4-10)16(19,20)21)14(22)9-2-7-12(17)13(18)8-9/h2-8,14H,22-23H2,1H3. The van der Waals surface area contributed by atoms with E-state index in [0.717, 1.165) is 12.1 Å². The molecule has 0 spiro atoms. The van der Waals surface area contributed by atoms with Gasteiger partial charge in [-0.3, -0.25) is 0 Å². The molecular formula is C16H15ClF4N2. The van der Waals surface area contributed by atoms with Crippen LogP contribution in [0.5, 0.6) is 0 Å². The van der Waals surface area contributed by atoms with Crippen molar-refractivity contribution in [3.8, 4) is 0 Å². The third-order valence-corrected chi connectivity index (χ3v) is 4.09. The van der Waals surface area contributed by atoms with Crippen molar-refractivity contribution < 1.29 is 17.6 Å². The van der Waals surface area contributed by atoms with Crippen molar-refractivity contribution in [1.29, 1.82) is 0 Å². The van der Waals surface area contributed by atoms with Gasteiger partial charge in [-0.1, -0.05) is 29.8 Å². The van der Waals surface area contributed by atoms with Crippen molar-refractivity contribution in [2.75, 3.05) is 0 Å². The molecule has 0 aliphatic carbocycles. The Morgan fingerprint density at radius 2 is 1.52 bits per heavy atom. The molecule has 0 aromatic heterocycles. The van der Waals surface area contributed by atoms with Crippen LogP contribution in [0.25, 0.3) is 0 Å². The maximum absolute atomic E-state index is 13.6. The van der Waals surface area contributed by atoms with Crippen molar-refractivity contribution in [2.45, 2.75) is 24.7 Å². The van der Waals surface area contributed by atoms with E-state index in [1.807, 2.05) is 0 Å². The largest absolute Gasteiger partial charge is 0.416 e. The molecule has 2 aromatic carbocycles. The molecule has 0 saturated carbocycles. The zero-order valence-electron chi connectivity index (χ0n) is 12.2. The zero-order valence-corrected chi connectivity index (χ0v) is 12.9. The predicted octanol–water partition coefficient (Wildman–Crippen LogP) is 4.37. The van der Waals surface area contributed by atoms with Gasteiger partial charge in [0.1, 0.15) is 5.82 Å². The van der Waals surface area contributed by atoms with Crippen molar-refractivity contribution in [2.24, 2.45) is 11.5 Å². The second-order valence-corrected chi connectivity index (χ2v) is 5.92. The molecule has 23 heavy (non-hydrogen) atoms. The highest BCUT2D eigenvalue weighted by atomic mass is 35.5. The lowest BCUT2D eigenvalue weighted by molar-refractivity contribution is -0.137. The van der Waals surface area contributed by atoms with Crippen molar-refractivity contribution in [1.82, 2.24) is 0 Å². The third-order valence-electron chi connectivity index (χ3n) is 3.78. The number of halogens is 5. The van der Waals surface area contributed by atoms with E-state index in [0.29, 0.717) is 11.1 Å². The topological polar surface area (TPSA) is 52.0 Å². The van der Waals surface area contributed by atoms with Gasteiger partial charge in [0.05, 0.1) is 22.2 Å². The van der Waals surface area contributed by atoms with Gasteiger partial charge < -0.3 is 11.5 Å². The van der Waals surface area contributed by atoms with Gasteiger partial charge in [0.15, 0.2) is 0 Å². The molecule has 0 aliphatic rings. The molecule has 0 radical (unpaired) electrons. The summed E-state index contributed by atoms with van der Waals surface area (Å²) in [5, 5.41) is -0.0470. The number of hydrogen-bond acceptors (Lipinski definition) is 2. The highest BCUT2D eigenvalue weighted by molar-refractivity contribution is 6.30.